The molecule has 0 aliphatic carbocycles. The number of H-pyrrole nitrogens is 1. The van der Waals surface area contributed by atoms with Crippen LogP contribution in [0.1, 0.15) is 34.2 Å². The van der Waals surface area contributed by atoms with E-state index >= 15 is 0 Å². The van der Waals surface area contributed by atoms with Crippen LogP contribution in [0.25, 0.3) is 10.9 Å². The van der Waals surface area contributed by atoms with Gasteiger partial charge in [0.2, 0.25) is 0 Å². The van der Waals surface area contributed by atoms with E-state index in [-0.39, 0.29) is 5.91 Å². The molecule has 0 atom stereocenters. The molecule has 6 heteroatoms. The molecule has 2 heterocycles. The Hall–Kier alpha value is -2.89. The van der Waals surface area contributed by atoms with E-state index in [2.05, 4.69) is 20.6 Å². The number of fused-ring (bicyclic) bond motifs is 1. The van der Waals surface area contributed by atoms with Gasteiger partial charge in [0.1, 0.15) is 0 Å². The predicted molar refractivity (Wildman–Crippen MR) is 90.7 cm³/mol. The lowest BCUT2D eigenvalue weighted by atomic mass is 10.2. The summed E-state index contributed by atoms with van der Waals surface area (Å²) in [6.07, 6.45) is 3.34. The van der Waals surface area contributed by atoms with Crippen LogP contribution in [0, 0.1) is 13.8 Å². The maximum atomic E-state index is 12.3. The number of benzene rings is 1. The molecule has 0 saturated carbocycles. The number of nitrogens with one attached hydrogen (secondary N) is 2. The van der Waals surface area contributed by atoms with Gasteiger partial charge >= 0.3 is 0 Å². The number of hydrazone groups is 1. The van der Waals surface area contributed by atoms with Crippen molar-refractivity contribution in [3.8, 4) is 0 Å². The van der Waals surface area contributed by atoms with Crippen molar-refractivity contribution in [2.75, 3.05) is 0 Å². The van der Waals surface area contributed by atoms with Crippen LogP contribution in [-0.4, -0.2) is 26.9 Å². The lowest BCUT2D eigenvalue weighted by Gasteiger charge is -1.99. The number of para-hydroxylation sites is 1. The summed E-state index contributed by atoms with van der Waals surface area (Å²) in [4.78, 5) is 15.4. The summed E-state index contributed by atoms with van der Waals surface area (Å²) in [5.74, 6) is -0.239. The molecule has 118 valence electrons. The predicted octanol–water partition coefficient (Wildman–Crippen LogP) is 2.77. The average molecular weight is 309 g/mol. The van der Waals surface area contributed by atoms with E-state index in [1.54, 1.807) is 12.4 Å². The number of aromatic nitrogens is 3. The molecule has 0 radical (unpaired) electrons. The fraction of sp³-hybridized carbons (Fsp3) is 0.235. The number of aromatic amines is 1. The molecule has 0 bridgehead atoms. The van der Waals surface area contributed by atoms with Crippen molar-refractivity contribution < 1.29 is 4.79 Å². The van der Waals surface area contributed by atoms with Gasteiger partial charge in [-0.15, -0.1) is 0 Å². The first-order valence-corrected chi connectivity index (χ1v) is 7.55. The Bertz CT molecular complexity index is 888. The summed E-state index contributed by atoms with van der Waals surface area (Å²) in [5.41, 5.74) is 6.96. The van der Waals surface area contributed by atoms with Crippen molar-refractivity contribution >= 4 is 23.0 Å². The number of carbonyl (C=O) groups is 1. The third-order valence-corrected chi connectivity index (χ3v) is 3.93. The number of hydrogen-bond donors (Lipinski definition) is 2. The highest BCUT2D eigenvalue weighted by Gasteiger charge is 2.11. The van der Waals surface area contributed by atoms with Gasteiger partial charge in [0.25, 0.3) is 5.91 Å². The fourth-order valence-electron chi connectivity index (χ4n) is 2.68. The van der Waals surface area contributed by atoms with E-state index in [9.17, 15) is 4.79 Å². The highest BCUT2D eigenvalue weighted by Crippen LogP contribution is 2.17. The second kappa shape index (κ2) is 6.08. The minimum absolute atomic E-state index is 0.239. The van der Waals surface area contributed by atoms with Crippen molar-refractivity contribution in [3.05, 3.63) is 53.0 Å². The van der Waals surface area contributed by atoms with Gasteiger partial charge in [-0.2, -0.15) is 10.2 Å². The van der Waals surface area contributed by atoms with Crippen LogP contribution in [0.2, 0.25) is 0 Å². The van der Waals surface area contributed by atoms with Gasteiger partial charge < -0.3 is 4.98 Å². The van der Waals surface area contributed by atoms with Crippen molar-refractivity contribution in [1.82, 2.24) is 20.2 Å². The van der Waals surface area contributed by atoms with Crippen LogP contribution in [0.4, 0.5) is 0 Å². The van der Waals surface area contributed by atoms with E-state index in [0.29, 0.717) is 5.56 Å². The quantitative estimate of drug-likeness (QED) is 0.574. The summed E-state index contributed by atoms with van der Waals surface area (Å²) >= 11 is 0. The van der Waals surface area contributed by atoms with E-state index < -0.39 is 0 Å². The topological polar surface area (TPSA) is 75.1 Å². The summed E-state index contributed by atoms with van der Waals surface area (Å²) in [6.45, 7) is 6.77. The summed E-state index contributed by atoms with van der Waals surface area (Å²) in [6, 6.07) is 7.67. The van der Waals surface area contributed by atoms with Gasteiger partial charge in [0.05, 0.1) is 17.5 Å². The molecular weight excluding hydrogens is 290 g/mol. The van der Waals surface area contributed by atoms with Gasteiger partial charge in [0.15, 0.2) is 0 Å². The third kappa shape index (κ3) is 2.75. The number of nitrogens with zero attached hydrogens (tertiary/aromatic N) is 3. The third-order valence-electron chi connectivity index (χ3n) is 3.93. The molecule has 0 saturated heterocycles. The SMILES string of the molecule is CCn1nc(C)c(/C=N\NC(=O)c2c[nH]c3ccccc23)c1C. The van der Waals surface area contributed by atoms with Gasteiger partial charge in [-0.05, 0) is 26.8 Å². The Labute approximate surface area is 134 Å². The van der Waals surface area contributed by atoms with Crippen molar-refractivity contribution in [2.45, 2.75) is 27.3 Å². The first-order chi connectivity index (χ1) is 11.1. The highest BCUT2D eigenvalue weighted by molar-refractivity contribution is 6.06. The molecular formula is C17H19N5O. The molecule has 23 heavy (non-hydrogen) atoms. The number of rotatable bonds is 4. The minimum atomic E-state index is -0.239. The number of hydrogen-bond acceptors (Lipinski definition) is 3. The van der Waals surface area contributed by atoms with Crippen LogP contribution in [0.5, 0.6) is 0 Å². The molecule has 3 aromatic rings. The molecule has 0 fully saturated rings. The molecule has 0 spiro atoms. The standard InChI is InChI=1S/C17H19N5O/c1-4-22-12(3)14(11(2)21-22)10-19-20-17(23)15-9-18-16-8-6-5-7-13(15)16/h5-10,18H,4H2,1-3H3,(H,20,23)/b19-10-. The van der Waals surface area contributed by atoms with E-state index in [0.717, 1.165) is 34.4 Å². The maximum Gasteiger partial charge on any atom is 0.273 e. The zero-order valence-electron chi connectivity index (χ0n) is 13.4. The molecule has 6 nitrogen and oxygen atoms in total. The summed E-state index contributed by atoms with van der Waals surface area (Å²) in [5, 5.41) is 9.39. The van der Waals surface area contributed by atoms with Gasteiger partial charge in [0, 0.05) is 34.9 Å². The molecule has 0 unspecified atom stereocenters. The molecule has 0 aliphatic rings. The molecule has 1 aromatic carbocycles. The molecule has 2 N–H and O–H groups in total. The van der Waals surface area contributed by atoms with Crippen molar-refractivity contribution in [2.24, 2.45) is 5.10 Å². The lowest BCUT2D eigenvalue weighted by molar-refractivity contribution is 0.0957. The number of aryl methyl sites for hydroxylation is 2. The smallest absolute Gasteiger partial charge is 0.273 e. The number of carbonyl (C=O) groups excluding carboxylic acids is 1. The first-order valence-electron chi connectivity index (χ1n) is 7.55. The number of amides is 1. The summed E-state index contributed by atoms with van der Waals surface area (Å²) < 4.78 is 1.91. The van der Waals surface area contributed by atoms with Crippen molar-refractivity contribution in [1.29, 1.82) is 0 Å². The second-order valence-electron chi connectivity index (χ2n) is 5.35. The summed E-state index contributed by atoms with van der Waals surface area (Å²) in [7, 11) is 0. The Morgan fingerprint density at radius 1 is 1.39 bits per heavy atom. The maximum absolute atomic E-state index is 12.3. The first kappa shape index (κ1) is 15.0. The van der Waals surface area contributed by atoms with Crippen LogP contribution < -0.4 is 5.43 Å². The molecule has 2 aromatic heterocycles. The average Bonchev–Trinajstić information content (AvgIpc) is 3.10. The molecule has 1 amide bonds. The van der Waals surface area contributed by atoms with Crippen molar-refractivity contribution in [3.63, 3.8) is 0 Å². The second-order valence-corrected chi connectivity index (χ2v) is 5.35. The zero-order chi connectivity index (χ0) is 16.4. The fourth-order valence-corrected chi connectivity index (χ4v) is 2.68. The van der Waals surface area contributed by atoms with E-state index in [1.807, 2.05) is 49.7 Å². The molecule has 3 rings (SSSR count). The Kier molecular flexibility index (Phi) is 3.97. The lowest BCUT2D eigenvalue weighted by Crippen LogP contribution is -2.17. The van der Waals surface area contributed by atoms with E-state index in [4.69, 9.17) is 0 Å². The Morgan fingerprint density at radius 3 is 2.91 bits per heavy atom. The Morgan fingerprint density at radius 2 is 2.17 bits per heavy atom. The van der Waals surface area contributed by atoms with E-state index in [1.165, 1.54) is 0 Å². The van der Waals surface area contributed by atoms with Gasteiger partial charge in [-0.3, -0.25) is 9.48 Å². The Balaban J connectivity index is 1.78. The zero-order valence-corrected chi connectivity index (χ0v) is 13.4. The van der Waals surface area contributed by atoms with Crippen LogP contribution >= 0.6 is 0 Å². The van der Waals surface area contributed by atoms with Crippen LogP contribution in [0.15, 0.2) is 35.6 Å². The monoisotopic (exact) mass is 309 g/mol. The van der Waals surface area contributed by atoms with Gasteiger partial charge in [-0.25, -0.2) is 5.43 Å². The van der Waals surface area contributed by atoms with Crippen LogP contribution in [-0.2, 0) is 6.54 Å². The molecule has 0 aliphatic heterocycles. The van der Waals surface area contributed by atoms with Gasteiger partial charge in [-0.1, -0.05) is 18.2 Å². The normalized spacial score (nSPS) is 11.4. The largest absolute Gasteiger partial charge is 0.360 e. The minimum Gasteiger partial charge on any atom is -0.360 e. The van der Waals surface area contributed by atoms with Crippen LogP contribution in [0.3, 0.4) is 0 Å². The highest BCUT2D eigenvalue weighted by atomic mass is 16.2.